The minimum Gasteiger partial charge on any atom is -0.374 e. The summed E-state index contributed by atoms with van der Waals surface area (Å²) in [4.78, 5) is 0. The third kappa shape index (κ3) is 5.56. The van der Waals surface area contributed by atoms with Gasteiger partial charge in [0.25, 0.3) is 0 Å². The molecule has 4 atom stereocenters. The summed E-state index contributed by atoms with van der Waals surface area (Å²) in [5.74, 6) is 1.99. The van der Waals surface area contributed by atoms with Crippen molar-refractivity contribution >= 4 is 12.6 Å². The maximum absolute atomic E-state index is 6.36. The van der Waals surface area contributed by atoms with Gasteiger partial charge in [0.2, 0.25) is 0 Å². The Morgan fingerprint density at radius 1 is 1.40 bits per heavy atom. The zero-order chi connectivity index (χ0) is 14.7. The molecule has 20 heavy (non-hydrogen) atoms. The van der Waals surface area contributed by atoms with Crippen LogP contribution in [0.1, 0.15) is 66.7 Å². The molecule has 0 spiro atoms. The molecule has 0 aliphatic carbocycles. The van der Waals surface area contributed by atoms with Crippen molar-refractivity contribution in [1.29, 1.82) is 0 Å². The van der Waals surface area contributed by atoms with E-state index in [2.05, 4.69) is 41.5 Å². The zero-order valence-electron chi connectivity index (χ0n) is 14.1. The number of hydrogen-bond donors (Lipinski definition) is 1. The maximum atomic E-state index is 6.36. The van der Waals surface area contributed by atoms with Gasteiger partial charge in [-0.3, -0.25) is 0 Å². The van der Waals surface area contributed by atoms with Crippen molar-refractivity contribution in [3.05, 3.63) is 6.92 Å². The monoisotopic (exact) mass is 374 g/mol. The van der Waals surface area contributed by atoms with Gasteiger partial charge in [-0.1, -0.05) is 33.6 Å². The van der Waals surface area contributed by atoms with Crippen LogP contribution in [0.25, 0.3) is 0 Å². The first-order valence-electron chi connectivity index (χ1n) is 7.88. The summed E-state index contributed by atoms with van der Waals surface area (Å²) < 4.78 is 6.29. The predicted octanol–water partition coefficient (Wildman–Crippen LogP) is 5.15. The van der Waals surface area contributed by atoms with E-state index in [9.17, 15) is 0 Å². The first kappa shape index (κ1) is 21.4. The normalized spacial score (nSPS) is 31.5. The van der Waals surface area contributed by atoms with E-state index in [1.807, 2.05) is 0 Å². The first-order chi connectivity index (χ1) is 8.72. The third-order valence-corrected chi connectivity index (χ3v) is 5.22. The number of ether oxygens (including phenoxy) is 1. The molecule has 3 heteroatoms. The predicted molar refractivity (Wildman–Crippen MR) is 87.7 cm³/mol. The Balaban J connectivity index is 0.00000361. The molecule has 1 fully saturated rings. The Morgan fingerprint density at radius 3 is 2.45 bits per heavy atom. The van der Waals surface area contributed by atoms with Crippen LogP contribution in [0, 0.1) is 24.7 Å². The molecule has 0 bridgehead atoms. The van der Waals surface area contributed by atoms with Crippen LogP contribution in [0.3, 0.4) is 0 Å². The van der Waals surface area contributed by atoms with Gasteiger partial charge >= 0.3 is 0 Å². The van der Waals surface area contributed by atoms with E-state index in [1.54, 1.807) is 0 Å². The van der Waals surface area contributed by atoms with E-state index in [4.69, 9.17) is 17.4 Å². The molecule has 4 unspecified atom stereocenters. The van der Waals surface area contributed by atoms with Gasteiger partial charge in [-0.2, -0.15) is 19.0 Å². The van der Waals surface area contributed by atoms with E-state index < -0.39 is 0 Å². The van der Waals surface area contributed by atoms with Gasteiger partial charge in [0, 0.05) is 44.1 Å². The van der Waals surface area contributed by atoms with Crippen molar-refractivity contribution in [2.24, 2.45) is 17.8 Å². The topological polar surface area (TPSA) is 9.23 Å². The average Bonchev–Trinajstić information content (AvgIpc) is 2.27. The van der Waals surface area contributed by atoms with Gasteiger partial charge < -0.3 is 11.7 Å². The largest absolute Gasteiger partial charge is 0.374 e. The van der Waals surface area contributed by atoms with Crippen molar-refractivity contribution in [3.8, 4) is 0 Å². The van der Waals surface area contributed by atoms with Crippen molar-refractivity contribution in [3.63, 3.8) is 0 Å². The van der Waals surface area contributed by atoms with Gasteiger partial charge in [0.05, 0.1) is 5.60 Å². The Morgan fingerprint density at radius 2 is 2.00 bits per heavy atom. The van der Waals surface area contributed by atoms with Gasteiger partial charge in [-0.25, -0.2) is 0 Å². The van der Waals surface area contributed by atoms with Crippen LogP contribution in [0.2, 0.25) is 0 Å². The minimum atomic E-state index is -0.0664. The molecular formula is C17H33OSY-. The quantitative estimate of drug-likeness (QED) is 0.499. The first-order valence-corrected chi connectivity index (χ1v) is 8.32. The second-order valence-electron chi connectivity index (χ2n) is 7.41. The summed E-state index contributed by atoms with van der Waals surface area (Å²) in [6, 6.07) is 0. The molecule has 1 heterocycles. The Bertz CT molecular complexity index is 276. The van der Waals surface area contributed by atoms with Crippen molar-refractivity contribution in [2.75, 3.05) is 6.61 Å². The fraction of sp³-hybridized carbons (Fsp3) is 0.941. The van der Waals surface area contributed by atoms with Crippen molar-refractivity contribution in [1.82, 2.24) is 0 Å². The fourth-order valence-electron chi connectivity index (χ4n) is 3.54. The van der Waals surface area contributed by atoms with Crippen molar-refractivity contribution in [2.45, 2.75) is 77.1 Å². The molecule has 0 aromatic heterocycles. The molecule has 1 rings (SSSR count). The summed E-state index contributed by atoms with van der Waals surface area (Å²) in [5, 5.41) is 0. The molecule has 1 saturated heterocycles. The van der Waals surface area contributed by atoms with E-state index in [1.165, 1.54) is 6.42 Å². The van der Waals surface area contributed by atoms with Gasteiger partial charge in [-0.15, -0.1) is 0 Å². The molecule has 0 aromatic rings. The van der Waals surface area contributed by atoms with Gasteiger partial charge in [-0.05, 0) is 44.4 Å². The summed E-state index contributed by atoms with van der Waals surface area (Å²) in [5.41, 5.74) is -0.0641. The zero-order valence-corrected chi connectivity index (χ0v) is 17.8. The molecule has 0 saturated carbocycles. The van der Waals surface area contributed by atoms with Crippen molar-refractivity contribution < 1.29 is 37.4 Å². The van der Waals surface area contributed by atoms with Gasteiger partial charge in [0.15, 0.2) is 0 Å². The number of thiol groups is 1. The maximum Gasteiger partial charge on any atom is 0.0828 e. The standard InChI is InChI=1S/C17H33OS.Y/c1-7-14(4)11-16(6,19)17(10-13(2)3)12-15(5)8-9-18-17;/h13-15,19H,1,7-12H2,2-6H3;/q-1;. The van der Waals surface area contributed by atoms with Crippen LogP contribution in [-0.2, 0) is 37.4 Å². The molecule has 0 N–H and O–H groups in total. The van der Waals surface area contributed by atoms with Crippen LogP contribution in [0.5, 0.6) is 0 Å². The summed E-state index contributed by atoms with van der Waals surface area (Å²) in [7, 11) is 0. The molecule has 1 aliphatic heterocycles. The minimum absolute atomic E-state index is 0. The summed E-state index contributed by atoms with van der Waals surface area (Å²) in [6.45, 7) is 16.4. The van der Waals surface area contributed by atoms with Crippen LogP contribution in [0.15, 0.2) is 0 Å². The number of hydrogen-bond acceptors (Lipinski definition) is 2. The SMILES string of the molecule is [CH2-]CC(C)CC(C)(S)C1(CC(C)C)CC(C)CCO1.[Y]. The van der Waals surface area contributed by atoms with Crippen LogP contribution >= 0.6 is 12.6 Å². The fourth-order valence-corrected chi connectivity index (χ4v) is 4.10. The second kappa shape index (κ2) is 8.89. The summed E-state index contributed by atoms with van der Waals surface area (Å²) >= 11 is 5.07. The Labute approximate surface area is 157 Å². The second-order valence-corrected chi connectivity index (χ2v) is 8.40. The van der Waals surface area contributed by atoms with Crippen LogP contribution < -0.4 is 0 Å². The smallest absolute Gasteiger partial charge is 0.0828 e. The van der Waals surface area contributed by atoms with E-state index in [0.717, 1.165) is 38.2 Å². The number of rotatable bonds is 6. The molecule has 1 radical (unpaired) electrons. The van der Waals surface area contributed by atoms with E-state index >= 15 is 0 Å². The van der Waals surface area contributed by atoms with Gasteiger partial charge in [0.1, 0.15) is 0 Å². The molecule has 0 amide bonds. The van der Waals surface area contributed by atoms with E-state index in [-0.39, 0.29) is 43.1 Å². The third-order valence-electron chi connectivity index (χ3n) is 4.63. The molecule has 0 aromatic carbocycles. The van der Waals surface area contributed by atoms with E-state index in [0.29, 0.717) is 11.8 Å². The molecular weight excluding hydrogens is 341 g/mol. The molecule has 117 valence electrons. The Kier molecular flexibility index (Phi) is 9.52. The molecule has 1 aliphatic rings. The Hall–Kier alpha value is 1.41. The average molecular weight is 374 g/mol. The van der Waals surface area contributed by atoms with Crippen LogP contribution in [0.4, 0.5) is 0 Å². The summed E-state index contributed by atoms with van der Waals surface area (Å²) in [6.07, 6.45) is 5.51. The molecule has 1 nitrogen and oxygen atoms in total. The van der Waals surface area contributed by atoms with Crippen LogP contribution in [-0.4, -0.2) is 17.0 Å².